The first-order chi connectivity index (χ1) is 4.31. The van der Waals surface area contributed by atoms with E-state index in [1.165, 1.54) is 5.57 Å². The van der Waals surface area contributed by atoms with Gasteiger partial charge < -0.3 is 5.32 Å². The van der Waals surface area contributed by atoms with E-state index in [1.54, 1.807) is 6.20 Å². The zero-order chi connectivity index (χ0) is 7.11. The van der Waals surface area contributed by atoms with E-state index in [2.05, 4.69) is 11.9 Å². The molecule has 0 fully saturated rings. The van der Waals surface area contributed by atoms with Gasteiger partial charge in [-0.3, -0.25) is 0 Å². The molecule has 0 heterocycles. The molecule has 0 saturated carbocycles. The molecule has 0 amide bonds. The first-order valence-corrected chi connectivity index (χ1v) is 2.97. The first-order valence-electron chi connectivity index (χ1n) is 2.97. The van der Waals surface area contributed by atoms with Crippen molar-refractivity contribution in [3.63, 3.8) is 0 Å². The SMILES string of the molecule is C=CN/C=C(C)\C=C/C. The van der Waals surface area contributed by atoms with Gasteiger partial charge in [0, 0.05) is 6.20 Å². The summed E-state index contributed by atoms with van der Waals surface area (Å²) in [5.74, 6) is 0. The standard InChI is InChI=1S/C8H13N/c1-4-6-8(3)7-9-5-2/h4-7,9H,2H2,1,3H3/b6-4-,8-7-. The predicted octanol–water partition coefficient (Wildman–Crippen LogP) is 2.20. The van der Waals surface area contributed by atoms with Crippen molar-refractivity contribution in [3.8, 4) is 0 Å². The Labute approximate surface area is 56.8 Å². The van der Waals surface area contributed by atoms with E-state index in [4.69, 9.17) is 0 Å². The van der Waals surface area contributed by atoms with Crippen LogP contribution in [0.15, 0.2) is 36.7 Å². The molecule has 0 aliphatic carbocycles. The monoisotopic (exact) mass is 123 g/mol. The number of hydrogen-bond donors (Lipinski definition) is 1. The van der Waals surface area contributed by atoms with E-state index < -0.39 is 0 Å². The number of rotatable bonds is 3. The summed E-state index contributed by atoms with van der Waals surface area (Å²) in [5, 5.41) is 2.88. The van der Waals surface area contributed by atoms with Gasteiger partial charge in [0.05, 0.1) is 0 Å². The van der Waals surface area contributed by atoms with Crippen molar-refractivity contribution in [1.29, 1.82) is 0 Å². The summed E-state index contributed by atoms with van der Waals surface area (Å²) in [7, 11) is 0. The van der Waals surface area contributed by atoms with E-state index in [-0.39, 0.29) is 0 Å². The molecule has 0 bridgehead atoms. The second kappa shape index (κ2) is 5.16. The van der Waals surface area contributed by atoms with Gasteiger partial charge in [-0.1, -0.05) is 18.7 Å². The van der Waals surface area contributed by atoms with Crippen molar-refractivity contribution >= 4 is 0 Å². The predicted molar refractivity (Wildman–Crippen MR) is 41.9 cm³/mol. The Hall–Kier alpha value is -0.980. The van der Waals surface area contributed by atoms with Gasteiger partial charge in [-0.2, -0.15) is 0 Å². The van der Waals surface area contributed by atoms with Crippen LogP contribution in [-0.2, 0) is 0 Å². The van der Waals surface area contributed by atoms with E-state index in [9.17, 15) is 0 Å². The molecule has 0 atom stereocenters. The molecule has 0 aromatic rings. The highest BCUT2D eigenvalue weighted by Crippen LogP contribution is 1.90. The first kappa shape index (κ1) is 8.02. The minimum Gasteiger partial charge on any atom is -0.368 e. The van der Waals surface area contributed by atoms with Gasteiger partial charge in [0.2, 0.25) is 0 Å². The van der Waals surface area contributed by atoms with Crippen molar-refractivity contribution < 1.29 is 0 Å². The van der Waals surface area contributed by atoms with Crippen LogP contribution in [0.3, 0.4) is 0 Å². The van der Waals surface area contributed by atoms with Crippen molar-refractivity contribution in [2.45, 2.75) is 13.8 Å². The van der Waals surface area contributed by atoms with Crippen LogP contribution in [0, 0.1) is 0 Å². The molecule has 50 valence electrons. The van der Waals surface area contributed by atoms with Gasteiger partial charge in [0.1, 0.15) is 0 Å². The van der Waals surface area contributed by atoms with E-state index in [0.717, 1.165) is 0 Å². The van der Waals surface area contributed by atoms with Crippen molar-refractivity contribution in [1.82, 2.24) is 5.32 Å². The molecule has 0 aliphatic heterocycles. The summed E-state index contributed by atoms with van der Waals surface area (Å²) in [6, 6.07) is 0. The van der Waals surface area contributed by atoms with Crippen LogP contribution in [0.5, 0.6) is 0 Å². The third-order valence-electron chi connectivity index (χ3n) is 0.858. The average Bonchev–Trinajstić information content (AvgIpc) is 1.85. The Kier molecular flexibility index (Phi) is 4.60. The summed E-state index contributed by atoms with van der Waals surface area (Å²) in [4.78, 5) is 0. The molecular formula is C8H13N. The molecule has 0 aromatic heterocycles. The molecule has 9 heavy (non-hydrogen) atoms. The van der Waals surface area contributed by atoms with Crippen molar-refractivity contribution in [3.05, 3.63) is 36.7 Å². The van der Waals surface area contributed by atoms with Gasteiger partial charge in [0.15, 0.2) is 0 Å². The van der Waals surface area contributed by atoms with E-state index in [1.807, 2.05) is 32.2 Å². The molecule has 0 aromatic carbocycles. The third kappa shape index (κ3) is 4.88. The molecule has 1 N–H and O–H groups in total. The maximum absolute atomic E-state index is 3.51. The summed E-state index contributed by atoms with van der Waals surface area (Å²) >= 11 is 0. The minimum atomic E-state index is 1.19. The fourth-order valence-corrected chi connectivity index (χ4v) is 0.501. The lowest BCUT2D eigenvalue weighted by Crippen LogP contribution is -1.90. The Morgan fingerprint density at radius 1 is 1.56 bits per heavy atom. The van der Waals surface area contributed by atoms with Gasteiger partial charge in [-0.15, -0.1) is 0 Å². The summed E-state index contributed by atoms with van der Waals surface area (Å²) < 4.78 is 0. The van der Waals surface area contributed by atoms with Crippen LogP contribution in [0.2, 0.25) is 0 Å². The van der Waals surface area contributed by atoms with Gasteiger partial charge in [-0.05, 0) is 25.6 Å². The highest BCUT2D eigenvalue weighted by Gasteiger charge is 1.74. The summed E-state index contributed by atoms with van der Waals surface area (Å²) in [6.07, 6.45) is 7.56. The Bertz CT molecular complexity index is 132. The van der Waals surface area contributed by atoms with Crippen LogP contribution >= 0.6 is 0 Å². The third-order valence-corrected chi connectivity index (χ3v) is 0.858. The van der Waals surface area contributed by atoms with Crippen LogP contribution in [-0.4, -0.2) is 0 Å². The topological polar surface area (TPSA) is 12.0 Å². The number of hydrogen-bond acceptors (Lipinski definition) is 1. The molecule has 0 radical (unpaired) electrons. The zero-order valence-electron chi connectivity index (χ0n) is 6.02. The van der Waals surface area contributed by atoms with Crippen molar-refractivity contribution in [2.24, 2.45) is 0 Å². The van der Waals surface area contributed by atoms with Gasteiger partial charge in [0.25, 0.3) is 0 Å². The number of allylic oxidation sites excluding steroid dienone is 3. The lowest BCUT2D eigenvalue weighted by Gasteiger charge is -1.89. The molecule has 0 spiro atoms. The lowest BCUT2D eigenvalue weighted by atomic mass is 10.3. The molecule has 0 aliphatic rings. The minimum absolute atomic E-state index is 1.19. The fraction of sp³-hybridized carbons (Fsp3) is 0.250. The molecule has 0 unspecified atom stereocenters. The molecule has 0 saturated heterocycles. The quantitative estimate of drug-likeness (QED) is 0.567. The van der Waals surface area contributed by atoms with Gasteiger partial charge >= 0.3 is 0 Å². The van der Waals surface area contributed by atoms with Crippen molar-refractivity contribution in [2.75, 3.05) is 0 Å². The van der Waals surface area contributed by atoms with E-state index in [0.29, 0.717) is 0 Å². The Morgan fingerprint density at radius 3 is 2.67 bits per heavy atom. The zero-order valence-corrected chi connectivity index (χ0v) is 6.02. The average molecular weight is 123 g/mol. The largest absolute Gasteiger partial charge is 0.368 e. The summed E-state index contributed by atoms with van der Waals surface area (Å²) in [6.45, 7) is 7.53. The fourth-order valence-electron chi connectivity index (χ4n) is 0.501. The Balaban J connectivity index is 3.68. The normalized spacial score (nSPS) is 12.0. The molecular weight excluding hydrogens is 110 g/mol. The second-order valence-electron chi connectivity index (χ2n) is 1.76. The number of nitrogens with one attached hydrogen (secondary N) is 1. The Morgan fingerprint density at radius 2 is 2.22 bits per heavy atom. The van der Waals surface area contributed by atoms with Gasteiger partial charge in [-0.25, -0.2) is 0 Å². The van der Waals surface area contributed by atoms with Crippen LogP contribution in [0.4, 0.5) is 0 Å². The molecule has 0 rings (SSSR count). The van der Waals surface area contributed by atoms with Crippen LogP contribution < -0.4 is 5.32 Å². The smallest absolute Gasteiger partial charge is 0.00336 e. The van der Waals surface area contributed by atoms with E-state index >= 15 is 0 Å². The maximum atomic E-state index is 3.51. The molecule has 1 nitrogen and oxygen atoms in total. The maximum Gasteiger partial charge on any atom is 0.00336 e. The lowest BCUT2D eigenvalue weighted by molar-refractivity contribution is 1.17. The highest BCUT2D eigenvalue weighted by molar-refractivity contribution is 5.14. The highest BCUT2D eigenvalue weighted by atomic mass is 14.8. The van der Waals surface area contributed by atoms with Crippen LogP contribution in [0.1, 0.15) is 13.8 Å². The second-order valence-corrected chi connectivity index (χ2v) is 1.76. The summed E-state index contributed by atoms with van der Waals surface area (Å²) in [5.41, 5.74) is 1.19. The molecule has 1 heteroatoms. The van der Waals surface area contributed by atoms with Crippen LogP contribution in [0.25, 0.3) is 0 Å².